The van der Waals surface area contributed by atoms with Crippen LogP contribution in [-0.2, 0) is 9.59 Å². The van der Waals surface area contributed by atoms with Gasteiger partial charge in [-0.2, -0.15) is 0 Å². The minimum Gasteiger partial charge on any atom is -0.222 e. The summed E-state index contributed by atoms with van der Waals surface area (Å²) < 4.78 is 0. The van der Waals surface area contributed by atoms with E-state index in [1.165, 1.54) is 44.5 Å². The van der Waals surface area contributed by atoms with E-state index in [0.29, 0.717) is 0 Å². The maximum Gasteiger partial charge on any atom is 0.231 e. The highest BCUT2D eigenvalue weighted by molar-refractivity contribution is 5.85. The minimum atomic E-state index is 0.750. The molecule has 0 heterocycles. The summed E-state index contributed by atoms with van der Waals surface area (Å²) in [5, 5.41) is 10.8. The second-order valence-corrected chi connectivity index (χ2v) is 6.23. The second-order valence-electron chi connectivity index (χ2n) is 6.23. The van der Waals surface area contributed by atoms with Crippen LogP contribution in [0.15, 0.2) is 60.7 Å². The van der Waals surface area contributed by atoms with Gasteiger partial charge < -0.3 is 0 Å². The number of benzene rings is 3. The number of isocyanates is 2. The van der Waals surface area contributed by atoms with Crippen molar-refractivity contribution in [3.63, 3.8) is 0 Å². The zero-order chi connectivity index (χ0) is 21.1. The summed E-state index contributed by atoms with van der Waals surface area (Å²) in [6.45, 7) is 8.88. The van der Waals surface area contributed by atoms with E-state index in [1.807, 2.05) is 0 Å². The maximum atomic E-state index is 8.35. The Kier molecular flexibility index (Phi) is 8.98. The van der Waals surface area contributed by atoms with Crippen LogP contribution < -0.4 is 0 Å². The van der Waals surface area contributed by atoms with Gasteiger partial charge in [-0.25, -0.2) is 20.4 Å². The van der Waals surface area contributed by atoms with Gasteiger partial charge in [-0.05, 0) is 72.2 Å². The van der Waals surface area contributed by atoms with E-state index in [1.54, 1.807) is 0 Å². The van der Waals surface area contributed by atoms with Crippen molar-refractivity contribution in [1.82, 2.24) is 0 Å². The first-order valence-corrected chi connectivity index (χ1v) is 8.72. The first-order valence-electron chi connectivity index (χ1n) is 8.72. The number of nitrogens with one attached hydrogen (secondary N) is 2. The fourth-order valence-electron chi connectivity index (χ4n) is 3.08. The van der Waals surface area contributed by atoms with Gasteiger partial charge in [0.15, 0.2) is 0 Å². The first kappa shape index (κ1) is 22.5. The Labute approximate surface area is 165 Å². The molecule has 0 bridgehead atoms. The number of aryl methyl sites for hydroxylation is 1. The molecule has 0 spiro atoms. The van der Waals surface area contributed by atoms with Crippen LogP contribution in [0.1, 0.15) is 22.3 Å². The zero-order valence-corrected chi connectivity index (χ0v) is 16.6. The molecule has 4 heteroatoms. The lowest BCUT2D eigenvalue weighted by Crippen LogP contribution is -1.96. The van der Waals surface area contributed by atoms with Crippen molar-refractivity contribution in [3.05, 3.63) is 82.9 Å². The van der Waals surface area contributed by atoms with Gasteiger partial charge >= 0.3 is 0 Å². The molecule has 3 aromatic rings. The van der Waals surface area contributed by atoms with Crippen LogP contribution in [0.3, 0.4) is 0 Å². The van der Waals surface area contributed by atoms with Crippen LogP contribution in [0.25, 0.3) is 22.3 Å². The predicted octanol–water partition coefficient (Wildman–Crippen LogP) is 6.06. The van der Waals surface area contributed by atoms with Crippen LogP contribution >= 0.6 is 0 Å². The van der Waals surface area contributed by atoms with Crippen molar-refractivity contribution in [2.24, 2.45) is 0 Å². The summed E-state index contributed by atoms with van der Waals surface area (Å²) in [4.78, 5) is 16.7. The topological polar surface area (TPSA) is 81.8 Å². The predicted molar refractivity (Wildman–Crippen MR) is 113 cm³/mol. The Bertz CT molecular complexity index is 985. The maximum absolute atomic E-state index is 8.35. The fraction of sp³-hybridized carbons (Fsp3) is 0.167. The molecule has 0 unspecified atom stereocenters. The van der Waals surface area contributed by atoms with Crippen molar-refractivity contribution < 1.29 is 9.59 Å². The van der Waals surface area contributed by atoms with E-state index in [2.05, 4.69) is 88.4 Å². The van der Waals surface area contributed by atoms with E-state index in [9.17, 15) is 0 Å². The van der Waals surface area contributed by atoms with E-state index in [0.717, 1.165) is 12.2 Å². The highest BCUT2D eigenvalue weighted by atomic mass is 16.1. The van der Waals surface area contributed by atoms with Crippen LogP contribution in [0.4, 0.5) is 0 Å². The highest BCUT2D eigenvalue weighted by Crippen LogP contribution is 2.36. The largest absolute Gasteiger partial charge is 0.231 e. The third-order valence-electron chi connectivity index (χ3n) is 4.78. The molecule has 0 aliphatic heterocycles. The van der Waals surface area contributed by atoms with Gasteiger partial charge in [0, 0.05) is 0 Å². The van der Waals surface area contributed by atoms with Crippen molar-refractivity contribution in [2.45, 2.75) is 27.7 Å². The summed E-state index contributed by atoms with van der Waals surface area (Å²) in [5.41, 5.74) is 10.8. The Morgan fingerprint density at radius 1 is 0.607 bits per heavy atom. The van der Waals surface area contributed by atoms with Gasteiger partial charge in [0.1, 0.15) is 0 Å². The average Bonchev–Trinajstić information content (AvgIpc) is 2.71. The van der Waals surface area contributed by atoms with E-state index < -0.39 is 0 Å². The summed E-state index contributed by atoms with van der Waals surface area (Å²) in [6.07, 6.45) is 1.50. The summed E-state index contributed by atoms with van der Waals surface area (Å²) in [5.74, 6) is 0. The highest BCUT2D eigenvalue weighted by Gasteiger charge is 2.12. The molecular formula is C24H24N2O2. The molecule has 0 saturated heterocycles. The van der Waals surface area contributed by atoms with Gasteiger partial charge in [-0.3, -0.25) is 0 Å². The molecule has 3 aromatic carbocycles. The van der Waals surface area contributed by atoms with Crippen molar-refractivity contribution in [3.8, 4) is 22.3 Å². The molecule has 0 saturated carbocycles. The number of hydrogen-bond acceptors (Lipinski definition) is 4. The van der Waals surface area contributed by atoms with Gasteiger partial charge in [-0.15, -0.1) is 0 Å². The summed E-state index contributed by atoms with van der Waals surface area (Å²) in [6, 6.07) is 21.7. The van der Waals surface area contributed by atoms with E-state index in [4.69, 9.17) is 20.4 Å². The Morgan fingerprint density at radius 3 is 1.61 bits per heavy atom. The molecular weight excluding hydrogens is 348 g/mol. The van der Waals surface area contributed by atoms with Crippen LogP contribution in [-0.4, -0.2) is 12.2 Å². The smallest absolute Gasteiger partial charge is 0.222 e. The van der Waals surface area contributed by atoms with Crippen molar-refractivity contribution >= 4 is 12.2 Å². The molecule has 0 fully saturated rings. The van der Waals surface area contributed by atoms with Gasteiger partial charge in [0.2, 0.25) is 12.2 Å². The summed E-state index contributed by atoms with van der Waals surface area (Å²) >= 11 is 0. The number of hydrogen-bond donors (Lipinski definition) is 2. The quantitative estimate of drug-likeness (QED) is 0.423. The molecule has 0 aliphatic rings. The number of carbonyl (C=O) groups excluding carboxylic acids is 2. The zero-order valence-electron chi connectivity index (χ0n) is 16.6. The van der Waals surface area contributed by atoms with E-state index >= 15 is 0 Å². The molecule has 0 aliphatic carbocycles. The van der Waals surface area contributed by atoms with Gasteiger partial charge in [0.05, 0.1) is 0 Å². The van der Waals surface area contributed by atoms with E-state index in [-0.39, 0.29) is 0 Å². The van der Waals surface area contributed by atoms with Crippen molar-refractivity contribution in [2.75, 3.05) is 0 Å². The van der Waals surface area contributed by atoms with Crippen LogP contribution in [0.5, 0.6) is 0 Å². The summed E-state index contributed by atoms with van der Waals surface area (Å²) in [7, 11) is 0. The molecule has 0 aromatic heterocycles. The van der Waals surface area contributed by atoms with Crippen molar-refractivity contribution in [1.29, 1.82) is 10.8 Å². The lowest BCUT2D eigenvalue weighted by atomic mass is 9.87. The standard InChI is InChI=1S/C22H22.2CHNO/c1-15-14-22(18(4)17(3)16(15)2)21-13-9-8-12-20(21)19-10-6-5-7-11-19;2*2-1-3/h5-14H,1-4H3;2*2H. The monoisotopic (exact) mass is 372 g/mol. The van der Waals surface area contributed by atoms with Crippen LogP contribution in [0, 0.1) is 38.5 Å². The molecule has 4 nitrogen and oxygen atoms in total. The second kappa shape index (κ2) is 11.2. The molecule has 3 rings (SSSR count). The third-order valence-corrected chi connectivity index (χ3v) is 4.78. The molecule has 142 valence electrons. The van der Waals surface area contributed by atoms with Gasteiger partial charge in [-0.1, -0.05) is 60.7 Å². The minimum absolute atomic E-state index is 0.750. The Balaban J connectivity index is 0.000000582. The molecule has 0 amide bonds. The molecule has 28 heavy (non-hydrogen) atoms. The van der Waals surface area contributed by atoms with Gasteiger partial charge in [0.25, 0.3) is 0 Å². The SMILES string of the molecule is Cc1cc(-c2ccccc2-c2ccccc2)c(C)c(C)c1C.N=C=O.N=C=O. The number of rotatable bonds is 2. The third kappa shape index (κ3) is 5.46. The Hall–Kier alpha value is -3.58. The Morgan fingerprint density at radius 2 is 1.07 bits per heavy atom. The van der Waals surface area contributed by atoms with Crippen LogP contribution in [0.2, 0.25) is 0 Å². The molecule has 0 radical (unpaired) electrons. The average molecular weight is 372 g/mol. The molecule has 2 N–H and O–H groups in total. The lowest BCUT2D eigenvalue weighted by molar-refractivity contribution is 0.562. The lowest BCUT2D eigenvalue weighted by Gasteiger charge is -2.17. The first-order chi connectivity index (χ1) is 13.4. The molecule has 0 atom stereocenters. The fourth-order valence-corrected chi connectivity index (χ4v) is 3.08. The normalized spacial score (nSPS) is 9.00.